The maximum Gasteiger partial charge on any atom is 0.243 e. The van der Waals surface area contributed by atoms with Crippen molar-refractivity contribution in [2.24, 2.45) is 5.92 Å². The quantitative estimate of drug-likeness (QED) is 0.431. The zero-order chi connectivity index (χ0) is 24.1. The highest BCUT2D eigenvalue weighted by molar-refractivity contribution is 7.89. The SMILES string of the molecule is COc1ccc(/C=C2/CN(S(=O)(=O)c3ccc(C)cc3)CCC2CC(=O)c2ccccc2)cc1. The molecule has 0 N–H and O–H groups in total. The van der Waals surface area contributed by atoms with Gasteiger partial charge < -0.3 is 4.74 Å². The smallest absolute Gasteiger partial charge is 0.243 e. The van der Waals surface area contributed by atoms with Crippen LogP contribution >= 0.6 is 0 Å². The maximum absolute atomic E-state index is 13.3. The third-order valence-electron chi connectivity index (χ3n) is 6.26. The molecule has 0 aliphatic carbocycles. The molecule has 0 spiro atoms. The van der Waals surface area contributed by atoms with Crippen LogP contribution in [-0.4, -0.2) is 38.7 Å². The summed E-state index contributed by atoms with van der Waals surface area (Å²) in [7, 11) is -2.01. The molecule has 1 heterocycles. The van der Waals surface area contributed by atoms with Crippen molar-refractivity contribution >= 4 is 21.9 Å². The predicted octanol–water partition coefficient (Wildman–Crippen LogP) is 5.37. The highest BCUT2D eigenvalue weighted by Gasteiger charge is 2.33. The number of ether oxygens (including phenoxy) is 1. The Morgan fingerprint density at radius 1 is 1.00 bits per heavy atom. The number of aryl methyl sites for hydroxylation is 1. The molecule has 1 aliphatic heterocycles. The van der Waals surface area contributed by atoms with Gasteiger partial charge in [-0.25, -0.2) is 8.42 Å². The molecule has 34 heavy (non-hydrogen) atoms. The van der Waals surface area contributed by atoms with Gasteiger partial charge in [0.05, 0.1) is 12.0 Å². The number of carbonyl (C=O) groups is 1. The summed E-state index contributed by atoms with van der Waals surface area (Å²) in [5, 5.41) is 0. The van der Waals surface area contributed by atoms with Gasteiger partial charge in [0.2, 0.25) is 10.0 Å². The van der Waals surface area contributed by atoms with E-state index in [0.717, 1.165) is 22.4 Å². The van der Waals surface area contributed by atoms with Crippen LogP contribution in [0.15, 0.2) is 89.3 Å². The molecule has 0 aromatic heterocycles. The third-order valence-corrected chi connectivity index (χ3v) is 8.12. The third kappa shape index (κ3) is 5.46. The van der Waals surface area contributed by atoms with Gasteiger partial charge in [-0.15, -0.1) is 0 Å². The molecule has 0 amide bonds. The summed E-state index contributed by atoms with van der Waals surface area (Å²) in [5.41, 5.74) is 3.58. The van der Waals surface area contributed by atoms with Crippen LogP contribution in [-0.2, 0) is 10.0 Å². The fourth-order valence-corrected chi connectivity index (χ4v) is 5.68. The van der Waals surface area contributed by atoms with Gasteiger partial charge in [-0.1, -0.05) is 71.8 Å². The Hall–Kier alpha value is -3.22. The van der Waals surface area contributed by atoms with Crippen molar-refractivity contribution in [3.8, 4) is 5.75 Å². The summed E-state index contributed by atoms with van der Waals surface area (Å²) in [6.07, 6.45) is 2.95. The van der Waals surface area contributed by atoms with Crippen molar-refractivity contribution in [2.45, 2.75) is 24.7 Å². The fraction of sp³-hybridized carbons (Fsp3) is 0.250. The lowest BCUT2D eigenvalue weighted by Crippen LogP contribution is -2.40. The lowest BCUT2D eigenvalue weighted by atomic mass is 9.85. The van der Waals surface area contributed by atoms with Crippen molar-refractivity contribution < 1.29 is 17.9 Å². The highest BCUT2D eigenvalue weighted by Crippen LogP contribution is 2.32. The molecule has 0 radical (unpaired) electrons. The molecule has 3 aromatic rings. The highest BCUT2D eigenvalue weighted by atomic mass is 32.2. The molecule has 1 aliphatic rings. The van der Waals surface area contributed by atoms with Crippen LogP contribution in [0, 0.1) is 12.8 Å². The first kappa shape index (κ1) is 23.9. The van der Waals surface area contributed by atoms with E-state index in [9.17, 15) is 13.2 Å². The van der Waals surface area contributed by atoms with Crippen LogP contribution in [0.5, 0.6) is 5.75 Å². The second-order valence-electron chi connectivity index (χ2n) is 8.62. The van der Waals surface area contributed by atoms with E-state index in [0.29, 0.717) is 29.8 Å². The van der Waals surface area contributed by atoms with Gasteiger partial charge in [-0.3, -0.25) is 4.79 Å². The second-order valence-corrected chi connectivity index (χ2v) is 10.6. The first-order valence-electron chi connectivity index (χ1n) is 11.4. The zero-order valence-electron chi connectivity index (χ0n) is 19.5. The van der Waals surface area contributed by atoms with Gasteiger partial charge >= 0.3 is 0 Å². The molecule has 1 fully saturated rings. The number of carbonyl (C=O) groups excluding carboxylic acids is 1. The first-order valence-corrected chi connectivity index (χ1v) is 12.8. The first-order chi connectivity index (χ1) is 16.4. The van der Waals surface area contributed by atoms with Gasteiger partial charge in [0.1, 0.15) is 5.75 Å². The monoisotopic (exact) mass is 475 g/mol. The van der Waals surface area contributed by atoms with E-state index in [4.69, 9.17) is 4.74 Å². The molecular formula is C28H29NO4S. The lowest BCUT2D eigenvalue weighted by molar-refractivity contribution is 0.0960. The maximum atomic E-state index is 13.3. The summed E-state index contributed by atoms with van der Waals surface area (Å²) in [4.78, 5) is 13.2. The van der Waals surface area contributed by atoms with Gasteiger partial charge in [0.25, 0.3) is 0 Å². The number of rotatable bonds is 7. The molecule has 6 heteroatoms. The summed E-state index contributed by atoms with van der Waals surface area (Å²) < 4.78 is 33.5. The number of ketones is 1. The number of methoxy groups -OCH3 is 1. The Morgan fingerprint density at radius 2 is 1.68 bits per heavy atom. The van der Waals surface area contributed by atoms with E-state index in [1.807, 2.05) is 79.7 Å². The Kier molecular flexibility index (Phi) is 7.29. The van der Waals surface area contributed by atoms with E-state index in [-0.39, 0.29) is 18.2 Å². The normalized spacial score (nSPS) is 18.1. The standard InChI is InChI=1S/C28H29NO4S/c1-21-8-14-27(15-9-21)34(31,32)29-17-16-24(19-28(30)23-6-4-3-5-7-23)25(20-29)18-22-10-12-26(33-2)13-11-22/h3-15,18,24H,16-17,19-20H2,1-2H3/b25-18-. The molecule has 1 unspecified atom stereocenters. The van der Waals surface area contributed by atoms with Crippen LogP contribution < -0.4 is 4.74 Å². The van der Waals surface area contributed by atoms with Crippen molar-refractivity contribution in [3.05, 3.63) is 101 Å². The molecule has 5 nitrogen and oxygen atoms in total. The predicted molar refractivity (Wildman–Crippen MR) is 134 cm³/mol. The number of hydrogen-bond acceptors (Lipinski definition) is 4. The van der Waals surface area contributed by atoms with Gasteiger partial charge in [-0.2, -0.15) is 4.31 Å². The van der Waals surface area contributed by atoms with Gasteiger partial charge in [0, 0.05) is 25.1 Å². The summed E-state index contributed by atoms with van der Waals surface area (Å²) >= 11 is 0. The van der Waals surface area contributed by atoms with Gasteiger partial charge in [0.15, 0.2) is 5.78 Å². The fourth-order valence-electron chi connectivity index (χ4n) is 4.24. The van der Waals surface area contributed by atoms with Crippen molar-refractivity contribution in [1.82, 2.24) is 4.31 Å². The van der Waals surface area contributed by atoms with Crippen LogP contribution in [0.2, 0.25) is 0 Å². The Balaban J connectivity index is 1.62. The minimum atomic E-state index is -3.63. The topological polar surface area (TPSA) is 63.7 Å². The van der Waals surface area contributed by atoms with E-state index < -0.39 is 10.0 Å². The molecule has 3 aromatic carbocycles. The van der Waals surface area contributed by atoms with Crippen LogP contribution in [0.3, 0.4) is 0 Å². The number of hydrogen-bond donors (Lipinski definition) is 0. The second kappa shape index (κ2) is 10.4. The molecular weight excluding hydrogens is 446 g/mol. The average Bonchev–Trinajstić information content (AvgIpc) is 2.86. The molecule has 0 bridgehead atoms. The molecule has 4 rings (SSSR count). The minimum Gasteiger partial charge on any atom is -0.497 e. The minimum absolute atomic E-state index is 0.0284. The van der Waals surface area contributed by atoms with E-state index >= 15 is 0 Å². The Morgan fingerprint density at radius 3 is 2.32 bits per heavy atom. The Labute approximate surface area is 201 Å². The van der Waals surface area contributed by atoms with E-state index in [1.165, 1.54) is 4.31 Å². The van der Waals surface area contributed by atoms with Crippen LogP contribution in [0.1, 0.15) is 34.3 Å². The number of sulfonamides is 1. The number of benzene rings is 3. The number of Topliss-reactive ketones (excluding diaryl/α,β-unsaturated/α-hetero) is 1. The number of nitrogens with zero attached hydrogens (tertiary/aromatic N) is 1. The average molecular weight is 476 g/mol. The largest absolute Gasteiger partial charge is 0.497 e. The molecule has 176 valence electrons. The van der Waals surface area contributed by atoms with Crippen LogP contribution in [0.4, 0.5) is 0 Å². The van der Waals surface area contributed by atoms with Crippen LogP contribution in [0.25, 0.3) is 6.08 Å². The van der Waals surface area contributed by atoms with Crippen molar-refractivity contribution in [3.63, 3.8) is 0 Å². The zero-order valence-corrected chi connectivity index (χ0v) is 20.3. The lowest BCUT2D eigenvalue weighted by Gasteiger charge is -2.33. The molecule has 0 saturated carbocycles. The molecule has 1 saturated heterocycles. The Bertz CT molecular complexity index is 1260. The van der Waals surface area contributed by atoms with Crippen molar-refractivity contribution in [1.29, 1.82) is 0 Å². The van der Waals surface area contributed by atoms with Gasteiger partial charge in [-0.05, 0) is 49.1 Å². The van der Waals surface area contributed by atoms with E-state index in [1.54, 1.807) is 19.2 Å². The summed E-state index contributed by atoms with van der Waals surface area (Å²) in [5.74, 6) is 0.797. The number of piperidine rings is 1. The van der Waals surface area contributed by atoms with Crippen molar-refractivity contribution in [2.75, 3.05) is 20.2 Å². The summed E-state index contributed by atoms with van der Waals surface area (Å²) in [6, 6.07) is 23.8. The summed E-state index contributed by atoms with van der Waals surface area (Å²) in [6.45, 7) is 2.57. The molecule has 1 atom stereocenters. The van der Waals surface area contributed by atoms with E-state index in [2.05, 4.69) is 0 Å².